The largest absolute Gasteiger partial charge is 0.294 e. The van der Waals surface area contributed by atoms with E-state index in [1.807, 2.05) is 35.0 Å². The Kier molecular flexibility index (Phi) is 4.00. The van der Waals surface area contributed by atoms with Crippen molar-refractivity contribution in [2.24, 2.45) is 0 Å². The van der Waals surface area contributed by atoms with E-state index in [0.29, 0.717) is 12.3 Å². The van der Waals surface area contributed by atoms with E-state index in [1.165, 1.54) is 11.1 Å². The second-order valence-electron chi connectivity index (χ2n) is 7.10. The van der Waals surface area contributed by atoms with E-state index in [0.717, 1.165) is 23.4 Å². The van der Waals surface area contributed by atoms with Crippen molar-refractivity contribution in [1.82, 2.24) is 9.78 Å². The summed E-state index contributed by atoms with van der Waals surface area (Å²) < 4.78 is 1.92. The van der Waals surface area contributed by atoms with Crippen LogP contribution in [-0.2, 0) is 6.42 Å². The van der Waals surface area contributed by atoms with Crippen molar-refractivity contribution < 1.29 is 4.79 Å². The molecule has 3 heteroatoms. The molecule has 1 aromatic heterocycles. The van der Waals surface area contributed by atoms with Crippen LogP contribution in [0.2, 0.25) is 0 Å². The van der Waals surface area contributed by atoms with Gasteiger partial charge in [-0.1, -0.05) is 56.3 Å². The molecule has 0 unspecified atom stereocenters. The molecule has 0 spiro atoms. The molecule has 126 valence electrons. The van der Waals surface area contributed by atoms with Gasteiger partial charge in [-0.05, 0) is 41.5 Å². The first-order valence-corrected chi connectivity index (χ1v) is 8.89. The number of nitrogens with zero attached hydrogens (tertiary/aromatic N) is 2. The number of Topliss-reactive ketones (excluding diaryl/α,β-unsaturated/α-hetero) is 1. The zero-order valence-electron chi connectivity index (χ0n) is 14.6. The second-order valence-corrected chi connectivity index (χ2v) is 7.10. The number of hydrogen-bond donors (Lipinski definition) is 0. The number of rotatable bonds is 3. The molecule has 0 aliphatic heterocycles. The Balaban J connectivity index is 1.68. The van der Waals surface area contributed by atoms with Gasteiger partial charge in [-0.3, -0.25) is 4.79 Å². The van der Waals surface area contributed by atoms with Gasteiger partial charge in [0, 0.05) is 6.42 Å². The van der Waals surface area contributed by atoms with Crippen LogP contribution in [0.25, 0.3) is 5.69 Å². The summed E-state index contributed by atoms with van der Waals surface area (Å²) in [5.41, 5.74) is 5.39. The van der Waals surface area contributed by atoms with Crippen LogP contribution in [0, 0.1) is 0 Å². The Bertz CT molecular complexity index is 892. The first-order valence-electron chi connectivity index (χ1n) is 8.89. The number of para-hydroxylation sites is 1. The number of hydrogen-bond acceptors (Lipinski definition) is 2. The molecule has 1 aliphatic carbocycles. The van der Waals surface area contributed by atoms with E-state index in [-0.39, 0.29) is 11.7 Å². The van der Waals surface area contributed by atoms with Gasteiger partial charge in [0.1, 0.15) is 0 Å². The van der Waals surface area contributed by atoms with Crippen LogP contribution in [0.1, 0.15) is 59.3 Å². The Labute approximate surface area is 148 Å². The van der Waals surface area contributed by atoms with Gasteiger partial charge in [0.15, 0.2) is 5.78 Å². The van der Waals surface area contributed by atoms with Crippen LogP contribution >= 0.6 is 0 Å². The van der Waals surface area contributed by atoms with E-state index in [2.05, 4.69) is 43.2 Å². The van der Waals surface area contributed by atoms with Crippen molar-refractivity contribution in [3.05, 3.63) is 83.2 Å². The molecular formula is C22H22N2O. The SMILES string of the molecule is CC(C)c1ccc([C@H]2CC(=O)c3cnn(-c4ccccc4)c3C2)cc1. The predicted molar refractivity (Wildman–Crippen MR) is 99.5 cm³/mol. The maximum absolute atomic E-state index is 12.6. The van der Waals surface area contributed by atoms with Crippen LogP contribution in [0.5, 0.6) is 0 Å². The van der Waals surface area contributed by atoms with Crippen LogP contribution in [0.3, 0.4) is 0 Å². The van der Waals surface area contributed by atoms with Gasteiger partial charge in [-0.2, -0.15) is 5.10 Å². The second kappa shape index (κ2) is 6.32. The number of aromatic nitrogens is 2. The van der Waals surface area contributed by atoms with E-state index < -0.39 is 0 Å². The van der Waals surface area contributed by atoms with E-state index in [4.69, 9.17) is 0 Å². The molecule has 25 heavy (non-hydrogen) atoms. The topological polar surface area (TPSA) is 34.9 Å². The zero-order valence-corrected chi connectivity index (χ0v) is 14.6. The minimum Gasteiger partial charge on any atom is -0.294 e. The number of carbonyl (C=O) groups is 1. The maximum atomic E-state index is 12.6. The van der Waals surface area contributed by atoms with Gasteiger partial charge in [-0.15, -0.1) is 0 Å². The molecule has 0 fully saturated rings. The minimum atomic E-state index is 0.196. The molecule has 0 bridgehead atoms. The summed E-state index contributed by atoms with van der Waals surface area (Å²) in [6, 6.07) is 18.8. The Morgan fingerprint density at radius 3 is 2.40 bits per heavy atom. The summed E-state index contributed by atoms with van der Waals surface area (Å²) in [7, 11) is 0. The highest BCUT2D eigenvalue weighted by Crippen LogP contribution is 2.34. The average molecular weight is 330 g/mol. The summed E-state index contributed by atoms with van der Waals surface area (Å²) in [5.74, 6) is 0.940. The monoisotopic (exact) mass is 330 g/mol. The van der Waals surface area contributed by atoms with Crippen molar-refractivity contribution in [1.29, 1.82) is 0 Å². The lowest BCUT2D eigenvalue weighted by molar-refractivity contribution is 0.0963. The normalized spacial score (nSPS) is 16.9. The summed E-state index contributed by atoms with van der Waals surface area (Å²) in [4.78, 5) is 12.6. The van der Waals surface area contributed by atoms with Crippen molar-refractivity contribution in [3.8, 4) is 5.69 Å². The first kappa shape index (κ1) is 15.8. The third-order valence-electron chi connectivity index (χ3n) is 5.12. The third-order valence-corrected chi connectivity index (χ3v) is 5.12. The van der Waals surface area contributed by atoms with E-state index >= 15 is 0 Å². The highest BCUT2D eigenvalue weighted by atomic mass is 16.1. The summed E-state index contributed by atoms with van der Waals surface area (Å²) in [5, 5.41) is 4.48. The molecule has 1 aliphatic rings. The van der Waals surface area contributed by atoms with Crippen LogP contribution < -0.4 is 0 Å². The first-order chi connectivity index (χ1) is 12.1. The lowest BCUT2D eigenvalue weighted by Gasteiger charge is -2.23. The van der Waals surface area contributed by atoms with Crippen molar-refractivity contribution in [3.63, 3.8) is 0 Å². The fraction of sp³-hybridized carbons (Fsp3) is 0.273. The number of benzene rings is 2. The molecule has 0 N–H and O–H groups in total. The molecule has 3 aromatic rings. The lowest BCUT2D eigenvalue weighted by atomic mass is 9.82. The molecule has 0 radical (unpaired) electrons. The van der Waals surface area contributed by atoms with Gasteiger partial charge in [0.2, 0.25) is 0 Å². The van der Waals surface area contributed by atoms with Crippen molar-refractivity contribution in [2.45, 2.75) is 38.5 Å². The molecule has 4 rings (SSSR count). The maximum Gasteiger partial charge on any atom is 0.166 e. The van der Waals surface area contributed by atoms with Gasteiger partial charge in [-0.25, -0.2) is 4.68 Å². The average Bonchev–Trinajstić information content (AvgIpc) is 3.07. The van der Waals surface area contributed by atoms with Crippen LogP contribution in [-0.4, -0.2) is 15.6 Å². The van der Waals surface area contributed by atoms with Crippen LogP contribution in [0.4, 0.5) is 0 Å². The van der Waals surface area contributed by atoms with Gasteiger partial charge < -0.3 is 0 Å². The minimum absolute atomic E-state index is 0.196. The fourth-order valence-corrected chi connectivity index (χ4v) is 3.62. The van der Waals surface area contributed by atoms with Gasteiger partial charge in [0.05, 0.1) is 23.1 Å². The lowest BCUT2D eigenvalue weighted by Crippen LogP contribution is -2.20. The fourth-order valence-electron chi connectivity index (χ4n) is 3.62. The Hall–Kier alpha value is -2.68. The number of carbonyl (C=O) groups excluding carboxylic acids is 1. The molecule has 1 atom stereocenters. The van der Waals surface area contributed by atoms with E-state index in [9.17, 15) is 4.79 Å². The van der Waals surface area contributed by atoms with E-state index in [1.54, 1.807) is 6.20 Å². The molecule has 1 heterocycles. The number of fused-ring (bicyclic) bond motifs is 1. The molecular weight excluding hydrogens is 308 g/mol. The molecule has 3 nitrogen and oxygen atoms in total. The highest BCUT2D eigenvalue weighted by molar-refractivity contribution is 5.98. The smallest absolute Gasteiger partial charge is 0.166 e. The quantitative estimate of drug-likeness (QED) is 0.684. The van der Waals surface area contributed by atoms with Gasteiger partial charge in [0.25, 0.3) is 0 Å². The molecule has 2 aromatic carbocycles. The van der Waals surface area contributed by atoms with Crippen molar-refractivity contribution in [2.75, 3.05) is 0 Å². The van der Waals surface area contributed by atoms with Crippen molar-refractivity contribution >= 4 is 5.78 Å². The highest BCUT2D eigenvalue weighted by Gasteiger charge is 2.30. The third kappa shape index (κ3) is 2.91. The molecule has 0 saturated heterocycles. The Morgan fingerprint density at radius 2 is 1.72 bits per heavy atom. The molecule has 0 saturated carbocycles. The Morgan fingerprint density at radius 1 is 1.00 bits per heavy atom. The summed E-state index contributed by atoms with van der Waals surface area (Å²) in [6.45, 7) is 4.40. The summed E-state index contributed by atoms with van der Waals surface area (Å²) >= 11 is 0. The predicted octanol–water partition coefficient (Wildman–Crippen LogP) is 4.91. The van der Waals surface area contributed by atoms with Crippen LogP contribution in [0.15, 0.2) is 60.8 Å². The summed E-state index contributed by atoms with van der Waals surface area (Å²) in [6.07, 6.45) is 3.13. The number of ketones is 1. The zero-order chi connectivity index (χ0) is 17.4. The van der Waals surface area contributed by atoms with Gasteiger partial charge >= 0.3 is 0 Å². The molecule has 0 amide bonds. The standard InChI is InChI=1S/C22H22N2O/c1-15(2)16-8-10-17(11-9-16)18-12-21-20(22(25)13-18)14-23-24(21)19-6-4-3-5-7-19/h3-11,14-15,18H,12-13H2,1-2H3/t18-/m1/s1.